The molecular formula is C11H12BrNO2. The summed E-state index contributed by atoms with van der Waals surface area (Å²) in [6, 6.07) is 6.25. The Bertz CT molecular complexity index is 392. The second kappa shape index (κ2) is 4.23. The topological polar surface area (TPSA) is 52.3 Å². The molecule has 0 saturated heterocycles. The molecule has 0 heterocycles. The van der Waals surface area contributed by atoms with Gasteiger partial charge in [-0.25, -0.2) is 4.79 Å². The van der Waals surface area contributed by atoms with E-state index in [1.165, 1.54) is 11.1 Å². The van der Waals surface area contributed by atoms with Crippen molar-refractivity contribution >= 4 is 22.0 Å². The summed E-state index contributed by atoms with van der Waals surface area (Å²) in [7, 11) is 0. The maximum absolute atomic E-state index is 10.5. The Morgan fingerprint density at radius 2 is 2.40 bits per heavy atom. The molecule has 0 bridgehead atoms. The molecule has 1 amide bonds. The van der Waals surface area contributed by atoms with E-state index in [1.807, 2.05) is 6.07 Å². The van der Waals surface area contributed by atoms with Crippen LogP contribution >= 0.6 is 15.9 Å². The lowest BCUT2D eigenvalue weighted by molar-refractivity contribution is 0.149. The number of rotatable bonds is 2. The van der Waals surface area contributed by atoms with Gasteiger partial charge in [-0.1, -0.05) is 22.0 Å². The number of nitrogens with two attached hydrogens (primary N) is 1. The quantitative estimate of drug-likeness (QED) is 0.897. The molecule has 1 unspecified atom stereocenters. The molecule has 4 heteroatoms. The predicted octanol–water partition coefficient (Wildman–Crippen LogP) is 2.57. The third-order valence-corrected chi connectivity index (χ3v) is 3.23. The third kappa shape index (κ3) is 2.31. The van der Waals surface area contributed by atoms with Crippen molar-refractivity contribution in [2.24, 2.45) is 5.73 Å². The highest BCUT2D eigenvalue weighted by molar-refractivity contribution is 9.10. The van der Waals surface area contributed by atoms with Crippen molar-refractivity contribution in [1.29, 1.82) is 0 Å². The second-order valence-electron chi connectivity index (χ2n) is 3.71. The minimum absolute atomic E-state index is 0.296. The number of hydrogen-bond donors (Lipinski definition) is 1. The van der Waals surface area contributed by atoms with Crippen LogP contribution in [0, 0.1) is 0 Å². The van der Waals surface area contributed by atoms with Gasteiger partial charge in [0.25, 0.3) is 0 Å². The summed E-state index contributed by atoms with van der Waals surface area (Å²) in [6.07, 6.45) is 1.38. The van der Waals surface area contributed by atoms with Gasteiger partial charge >= 0.3 is 6.09 Å². The van der Waals surface area contributed by atoms with E-state index in [1.54, 1.807) is 0 Å². The Kier molecular flexibility index (Phi) is 2.95. The summed E-state index contributed by atoms with van der Waals surface area (Å²) in [6.45, 7) is 0.388. The average Bonchev–Trinajstić information content (AvgIpc) is 2.57. The van der Waals surface area contributed by atoms with Crippen LogP contribution < -0.4 is 5.73 Å². The Labute approximate surface area is 96.7 Å². The van der Waals surface area contributed by atoms with E-state index in [4.69, 9.17) is 10.5 Å². The third-order valence-electron chi connectivity index (χ3n) is 2.74. The van der Waals surface area contributed by atoms with Gasteiger partial charge in [0.2, 0.25) is 0 Å². The van der Waals surface area contributed by atoms with Gasteiger partial charge in [0.05, 0.1) is 0 Å². The van der Waals surface area contributed by atoms with Crippen molar-refractivity contribution in [3.63, 3.8) is 0 Å². The summed E-state index contributed by atoms with van der Waals surface area (Å²) in [5.74, 6) is 0.296. The molecule has 1 aromatic rings. The predicted molar refractivity (Wildman–Crippen MR) is 60.7 cm³/mol. The van der Waals surface area contributed by atoms with Crippen molar-refractivity contribution in [2.45, 2.75) is 18.8 Å². The van der Waals surface area contributed by atoms with Crippen LogP contribution in [0.1, 0.15) is 23.5 Å². The summed E-state index contributed by atoms with van der Waals surface area (Å²) < 4.78 is 5.91. The first kappa shape index (κ1) is 10.5. The zero-order valence-electron chi connectivity index (χ0n) is 8.20. The first-order valence-electron chi connectivity index (χ1n) is 4.87. The fraction of sp³-hybridized carbons (Fsp3) is 0.364. The van der Waals surface area contributed by atoms with Crippen LogP contribution in [0.25, 0.3) is 0 Å². The number of aryl methyl sites for hydroxylation is 1. The highest BCUT2D eigenvalue weighted by atomic mass is 79.9. The van der Waals surface area contributed by atoms with E-state index < -0.39 is 6.09 Å². The molecule has 1 aliphatic rings. The number of primary amides is 1. The van der Waals surface area contributed by atoms with Gasteiger partial charge in [0.15, 0.2) is 0 Å². The Hall–Kier alpha value is -1.03. The van der Waals surface area contributed by atoms with Crippen molar-refractivity contribution in [2.75, 3.05) is 6.61 Å². The van der Waals surface area contributed by atoms with E-state index in [-0.39, 0.29) is 0 Å². The van der Waals surface area contributed by atoms with Crippen molar-refractivity contribution in [3.05, 3.63) is 33.8 Å². The summed E-state index contributed by atoms with van der Waals surface area (Å²) >= 11 is 3.44. The van der Waals surface area contributed by atoms with E-state index in [0.29, 0.717) is 12.5 Å². The maximum atomic E-state index is 10.5. The molecule has 2 N–H and O–H groups in total. The zero-order valence-corrected chi connectivity index (χ0v) is 9.79. The van der Waals surface area contributed by atoms with E-state index in [2.05, 4.69) is 28.1 Å². The first-order chi connectivity index (χ1) is 7.16. The summed E-state index contributed by atoms with van der Waals surface area (Å²) in [5.41, 5.74) is 7.56. The van der Waals surface area contributed by atoms with Gasteiger partial charge in [-0.3, -0.25) is 0 Å². The number of hydrogen-bond acceptors (Lipinski definition) is 2. The number of benzene rings is 1. The van der Waals surface area contributed by atoms with Gasteiger partial charge in [-0.2, -0.15) is 0 Å². The maximum Gasteiger partial charge on any atom is 0.404 e. The Morgan fingerprint density at radius 1 is 1.60 bits per heavy atom. The standard InChI is InChI=1S/C11H12BrNO2/c12-9-4-3-7-1-2-8(10(7)5-9)6-15-11(13)14/h3-5,8H,1-2,6H2,(H2,13,14). The van der Waals surface area contributed by atoms with Gasteiger partial charge < -0.3 is 10.5 Å². The van der Waals surface area contributed by atoms with Crippen LogP contribution in [-0.4, -0.2) is 12.7 Å². The first-order valence-corrected chi connectivity index (χ1v) is 5.66. The zero-order chi connectivity index (χ0) is 10.8. The van der Waals surface area contributed by atoms with Crippen molar-refractivity contribution < 1.29 is 9.53 Å². The lowest BCUT2D eigenvalue weighted by Gasteiger charge is -2.11. The molecule has 1 aliphatic carbocycles. The van der Waals surface area contributed by atoms with E-state index >= 15 is 0 Å². The summed E-state index contributed by atoms with van der Waals surface area (Å²) in [4.78, 5) is 10.5. The van der Waals surface area contributed by atoms with Crippen LogP contribution in [-0.2, 0) is 11.2 Å². The lowest BCUT2D eigenvalue weighted by Crippen LogP contribution is -2.16. The molecule has 0 radical (unpaired) electrons. The largest absolute Gasteiger partial charge is 0.449 e. The highest BCUT2D eigenvalue weighted by Gasteiger charge is 2.23. The Morgan fingerprint density at radius 3 is 3.13 bits per heavy atom. The normalized spacial score (nSPS) is 18.6. The van der Waals surface area contributed by atoms with Gasteiger partial charge in [0, 0.05) is 10.4 Å². The number of amides is 1. The smallest absolute Gasteiger partial charge is 0.404 e. The number of carbonyl (C=O) groups excluding carboxylic acids is 1. The number of fused-ring (bicyclic) bond motifs is 1. The SMILES string of the molecule is NC(=O)OCC1CCc2ccc(Br)cc21. The van der Waals surface area contributed by atoms with Crippen LogP contribution in [0.3, 0.4) is 0 Å². The van der Waals surface area contributed by atoms with Crippen molar-refractivity contribution in [3.8, 4) is 0 Å². The van der Waals surface area contributed by atoms with Gasteiger partial charge in [-0.05, 0) is 36.1 Å². The number of carbonyl (C=O) groups is 1. The molecule has 0 fully saturated rings. The lowest BCUT2D eigenvalue weighted by atomic mass is 10.0. The van der Waals surface area contributed by atoms with Crippen LogP contribution in [0.4, 0.5) is 4.79 Å². The number of ether oxygens (including phenoxy) is 1. The fourth-order valence-corrected chi connectivity index (χ4v) is 2.39. The van der Waals surface area contributed by atoms with Crippen LogP contribution in [0.2, 0.25) is 0 Å². The van der Waals surface area contributed by atoms with Crippen LogP contribution in [0.15, 0.2) is 22.7 Å². The Balaban J connectivity index is 2.13. The molecule has 0 saturated carbocycles. The van der Waals surface area contributed by atoms with Gasteiger partial charge in [-0.15, -0.1) is 0 Å². The fourth-order valence-electron chi connectivity index (χ4n) is 2.01. The molecule has 15 heavy (non-hydrogen) atoms. The van der Waals surface area contributed by atoms with Gasteiger partial charge in [0.1, 0.15) is 6.61 Å². The monoisotopic (exact) mass is 269 g/mol. The molecule has 1 atom stereocenters. The molecule has 0 aromatic heterocycles. The minimum Gasteiger partial charge on any atom is -0.449 e. The molecular weight excluding hydrogens is 258 g/mol. The molecule has 0 aliphatic heterocycles. The molecule has 3 nitrogen and oxygen atoms in total. The van der Waals surface area contributed by atoms with Crippen LogP contribution in [0.5, 0.6) is 0 Å². The number of halogens is 1. The minimum atomic E-state index is -0.696. The van der Waals surface area contributed by atoms with Crippen molar-refractivity contribution in [1.82, 2.24) is 0 Å². The summed E-state index contributed by atoms with van der Waals surface area (Å²) in [5, 5.41) is 0. The van der Waals surface area contributed by atoms with E-state index in [0.717, 1.165) is 17.3 Å². The molecule has 1 aromatic carbocycles. The molecule has 0 spiro atoms. The average molecular weight is 270 g/mol. The second-order valence-corrected chi connectivity index (χ2v) is 4.62. The molecule has 2 rings (SSSR count). The van der Waals surface area contributed by atoms with E-state index in [9.17, 15) is 4.79 Å². The molecule has 80 valence electrons. The highest BCUT2D eigenvalue weighted by Crippen LogP contribution is 2.34.